The van der Waals surface area contributed by atoms with Gasteiger partial charge in [-0.15, -0.1) is 0 Å². The Bertz CT molecular complexity index is 783. The van der Waals surface area contributed by atoms with Crippen molar-refractivity contribution in [3.8, 4) is 0 Å². The van der Waals surface area contributed by atoms with Crippen LogP contribution in [0.2, 0.25) is 5.15 Å². The zero-order valence-corrected chi connectivity index (χ0v) is 15.3. The summed E-state index contributed by atoms with van der Waals surface area (Å²) in [4.78, 5) is 17.8. The van der Waals surface area contributed by atoms with E-state index in [-0.39, 0.29) is 28.8 Å². The third kappa shape index (κ3) is 5.71. The van der Waals surface area contributed by atoms with Gasteiger partial charge >= 0.3 is 12.1 Å². The van der Waals surface area contributed by atoms with Crippen molar-refractivity contribution in [3.63, 3.8) is 0 Å². The monoisotopic (exact) mass is 406 g/mol. The molecule has 3 rings (SSSR count). The second-order valence-corrected chi connectivity index (χ2v) is 5.94. The molecule has 3 N–H and O–H groups in total. The predicted octanol–water partition coefficient (Wildman–Crippen LogP) is 3.62. The molecule has 1 aliphatic rings. The van der Waals surface area contributed by atoms with E-state index >= 15 is 0 Å². The number of ether oxygens (including phenoxy) is 1. The van der Waals surface area contributed by atoms with Crippen LogP contribution in [0.5, 0.6) is 0 Å². The standard InChI is InChI=1S/C10H10ClF3N6.C5H8O2/c1-2-15-8-5(10(12,13)14)3-16-9(19-8)18-6-4-17-20-7(6)11;1-4-2-3-7-5(4)6/h3-4H,2H2,1H3,(H,17,20)(H2,15,16,18,19);4H,2-3H2,1H3. The first-order valence-electron chi connectivity index (χ1n) is 8.03. The summed E-state index contributed by atoms with van der Waals surface area (Å²) in [5.41, 5.74) is -0.558. The largest absolute Gasteiger partial charge is 0.465 e. The number of esters is 1. The zero-order chi connectivity index (χ0) is 20.0. The van der Waals surface area contributed by atoms with Crippen molar-refractivity contribution >= 4 is 35.0 Å². The van der Waals surface area contributed by atoms with E-state index in [0.29, 0.717) is 25.0 Å². The molecular weight excluding hydrogens is 389 g/mol. The lowest BCUT2D eigenvalue weighted by molar-refractivity contribution is -0.141. The Balaban J connectivity index is 0.000000313. The number of cyclic esters (lactones) is 1. The fourth-order valence-electron chi connectivity index (χ4n) is 2.03. The summed E-state index contributed by atoms with van der Waals surface area (Å²) in [6, 6.07) is 0. The van der Waals surface area contributed by atoms with Crippen molar-refractivity contribution < 1.29 is 22.7 Å². The SMILES string of the molecule is CC1CCOC1=O.CCNc1nc(Nc2cn[nH]c2Cl)ncc1C(F)(F)F. The minimum atomic E-state index is -4.52. The summed E-state index contributed by atoms with van der Waals surface area (Å²) in [5.74, 6) is -0.200. The smallest absolute Gasteiger partial charge is 0.421 e. The maximum Gasteiger partial charge on any atom is 0.421 e. The molecular formula is C15H18ClF3N6O2. The van der Waals surface area contributed by atoms with Gasteiger partial charge in [0.15, 0.2) is 0 Å². The van der Waals surface area contributed by atoms with Crippen molar-refractivity contribution in [3.05, 3.63) is 23.1 Å². The Morgan fingerprint density at radius 3 is 2.59 bits per heavy atom. The highest BCUT2D eigenvalue weighted by atomic mass is 35.5. The van der Waals surface area contributed by atoms with Crippen molar-refractivity contribution in [2.24, 2.45) is 5.92 Å². The summed E-state index contributed by atoms with van der Waals surface area (Å²) in [6.45, 7) is 4.48. The van der Waals surface area contributed by atoms with Gasteiger partial charge in [0.1, 0.15) is 16.5 Å². The van der Waals surface area contributed by atoms with Gasteiger partial charge in [0.25, 0.3) is 0 Å². The molecule has 27 heavy (non-hydrogen) atoms. The number of aromatic nitrogens is 4. The van der Waals surface area contributed by atoms with Gasteiger partial charge in [-0.1, -0.05) is 18.5 Å². The second-order valence-electron chi connectivity index (χ2n) is 5.56. The molecule has 1 aliphatic heterocycles. The van der Waals surface area contributed by atoms with Crippen LogP contribution in [0.25, 0.3) is 0 Å². The Kier molecular flexibility index (Phi) is 6.83. The Morgan fingerprint density at radius 1 is 1.41 bits per heavy atom. The highest BCUT2D eigenvalue weighted by Crippen LogP contribution is 2.34. The third-order valence-corrected chi connectivity index (χ3v) is 3.76. The fourth-order valence-corrected chi connectivity index (χ4v) is 2.17. The number of nitrogens with one attached hydrogen (secondary N) is 3. The molecule has 1 unspecified atom stereocenters. The summed E-state index contributed by atoms with van der Waals surface area (Å²) in [7, 11) is 0. The first kappa shape index (κ1) is 20.7. The van der Waals surface area contributed by atoms with Gasteiger partial charge in [-0.3, -0.25) is 9.89 Å². The molecule has 1 atom stereocenters. The summed E-state index contributed by atoms with van der Waals surface area (Å²) in [6.07, 6.45) is -1.54. The minimum absolute atomic E-state index is 0.0164. The normalized spacial score (nSPS) is 16.4. The van der Waals surface area contributed by atoms with E-state index in [4.69, 9.17) is 11.6 Å². The molecule has 12 heteroatoms. The molecule has 0 aromatic carbocycles. The highest BCUT2D eigenvalue weighted by molar-refractivity contribution is 6.32. The average molecular weight is 407 g/mol. The third-order valence-electron chi connectivity index (χ3n) is 3.48. The van der Waals surface area contributed by atoms with Crippen LogP contribution >= 0.6 is 11.6 Å². The number of halogens is 4. The van der Waals surface area contributed by atoms with Gasteiger partial charge in [0.2, 0.25) is 5.95 Å². The first-order valence-corrected chi connectivity index (χ1v) is 8.40. The van der Waals surface area contributed by atoms with E-state index in [0.717, 1.165) is 6.42 Å². The van der Waals surface area contributed by atoms with Gasteiger partial charge in [-0.25, -0.2) is 4.98 Å². The average Bonchev–Trinajstić information content (AvgIpc) is 3.16. The van der Waals surface area contributed by atoms with E-state index in [1.807, 2.05) is 6.92 Å². The summed E-state index contributed by atoms with van der Waals surface area (Å²) >= 11 is 5.76. The molecule has 0 radical (unpaired) electrons. The number of nitrogens with zero attached hydrogens (tertiary/aromatic N) is 3. The van der Waals surface area contributed by atoms with Gasteiger partial charge < -0.3 is 15.4 Å². The number of alkyl halides is 3. The van der Waals surface area contributed by atoms with E-state index in [1.165, 1.54) is 6.20 Å². The van der Waals surface area contributed by atoms with Crippen LogP contribution in [-0.4, -0.2) is 39.3 Å². The Morgan fingerprint density at radius 2 is 2.15 bits per heavy atom. The van der Waals surface area contributed by atoms with Crippen LogP contribution in [0.1, 0.15) is 25.8 Å². The lowest BCUT2D eigenvalue weighted by Crippen LogP contribution is -2.14. The van der Waals surface area contributed by atoms with Crippen LogP contribution in [0.4, 0.5) is 30.6 Å². The van der Waals surface area contributed by atoms with Crippen molar-refractivity contribution in [2.75, 3.05) is 23.8 Å². The number of hydrogen-bond acceptors (Lipinski definition) is 7. The number of carbonyl (C=O) groups excluding carboxylic acids is 1. The minimum Gasteiger partial charge on any atom is -0.465 e. The maximum atomic E-state index is 12.8. The van der Waals surface area contributed by atoms with Crippen LogP contribution in [-0.2, 0) is 15.7 Å². The topological polar surface area (TPSA) is 105 Å². The van der Waals surface area contributed by atoms with E-state index in [1.54, 1.807) is 6.92 Å². The lowest BCUT2D eigenvalue weighted by Gasteiger charge is -2.13. The highest BCUT2D eigenvalue weighted by Gasteiger charge is 2.35. The maximum absolute atomic E-state index is 12.8. The van der Waals surface area contributed by atoms with Gasteiger partial charge in [0.05, 0.1) is 24.4 Å². The number of anilines is 3. The first-order chi connectivity index (χ1) is 12.7. The van der Waals surface area contributed by atoms with Gasteiger partial charge in [0, 0.05) is 12.7 Å². The Labute approximate surface area is 157 Å². The second kappa shape index (κ2) is 8.89. The molecule has 0 bridgehead atoms. The van der Waals surface area contributed by atoms with Crippen LogP contribution in [0.15, 0.2) is 12.4 Å². The molecule has 1 saturated heterocycles. The van der Waals surface area contributed by atoms with E-state index in [2.05, 4.69) is 35.5 Å². The van der Waals surface area contributed by atoms with E-state index in [9.17, 15) is 18.0 Å². The number of hydrogen-bond donors (Lipinski definition) is 3. The summed E-state index contributed by atoms with van der Waals surface area (Å²) in [5, 5.41) is 11.6. The quantitative estimate of drug-likeness (QED) is 0.666. The Hall–Kier alpha value is -2.56. The molecule has 2 aromatic rings. The molecule has 3 heterocycles. The lowest BCUT2D eigenvalue weighted by atomic mass is 10.2. The molecule has 0 amide bonds. The van der Waals surface area contributed by atoms with Crippen LogP contribution in [0, 0.1) is 5.92 Å². The van der Waals surface area contributed by atoms with Gasteiger partial charge in [-0.05, 0) is 13.3 Å². The molecule has 0 spiro atoms. The van der Waals surface area contributed by atoms with Crippen molar-refractivity contribution in [1.82, 2.24) is 20.2 Å². The molecule has 2 aromatic heterocycles. The number of aromatic amines is 1. The van der Waals surface area contributed by atoms with Crippen molar-refractivity contribution in [1.29, 1.82) is 0 Å². The predicted molar refractivity (Wildman–Crippen MR) is 92.8 cm³/mol. The fraction of sp³-hybridized carbons (Fsp3) is 0.467. The molecule has 0 saturated carbocycles. The number of rotatable bonds is 4. The van der Waals surface area contributed by atoms with Crippen LogP contribution < -0.4 is 10.6 Å². The zero-order valence-electron chi connectivity index (χ0n) is 14.5. The van der Waals surface area contributed by atoms with E-state index < -0.39 is 11.7 Å². The van der Waals surface area contributed by atoms with Crippen LogP contribution in [0.3, 0.4) is 0 Å². The van der Waals surface area contributed by atoms with Crippen molar-refractivity contribution in [2.45, 2.75) is 26.4 Å². The number of carbonyl (C=O) groups is 1. The molecule has 148 valence electrons. The molecule has 0 aliphatic carbocycles. The summed E-state index contributed by atoms with van der Waals surface area (Å²) < 4.78 is 42.9. The number of H-pyrrole nitrogens is 1. The molecule has 1 fully saturated rings. The molecule has 8 nitrogen and oxygen atoms in total. The van der Waals surface area contributed by atoms with Gasteiger partial charge in [-0.2, -0.15) is 23.3 Å².